The van der Waals surface area contributed by atoms with Crippen LogP contribution in [0.4, 0.5) is 29.3 Å². The summed E-state index contributed by atoms with van der Waals surface area (Å²) in [5.74, 6) is -0.331. The van der Waals surface area contributed by atoms with Gasteiger partial charge in [0.1, 0.15) is 17.0 Å². The highest BCUT2D eigenvalue weighted by Crippen LogP contribution is 2.36. The molecular weight excluding hydrogens is 467 g/mol. The van der Waals surface area contributed by atoms with E-state index in [1.54, 1.807) is 30.3 Å². The molecule has 0 atom stereocenters. The number of rotatable bonds is 5. The summed E-state index contributed by atoms with van der Waals surface area (Å²) in [6.07, 6.45) is -3.35. The van der Waals surface area contributed by atoms with Crippen LogP contribution in [0, 0.1) is 0 Å². The number of carbonyl (C=O) groups excluding carboxylic acids is 2. The van der Waals surface area contributed by atoms with Crippen molar-refractivity contribution in [1.82, 2.24) is 15.3 Å². The smallest absolute Gasteiger partial charge is 0.354 e. The van der Waals surface area contributed by atoms with Crippen LogP contribution in [0.25, 0.3) is 0 Å². The summed E-state index contributed by atoms with van der Waals surface area (Å²) in [6.45, 7) is 0. The molecule has 3 N–H and O–H groups in total. The zero-order valence-electron chi connectivity index (χ0n) is 16.3. The molecule has 3 amide bonds. The number of halogens is 4. The van der Waals surface area contributed by atoms with Crippen LogP contribution in [0.2, 0.25) is 5.02 Å². The molecule has 0 spiro atoms. The highest BCUT2D eigenvalue weighted by atomic mass is 35.5. The number of nitrogens with one attached hydrogen (secondary N) is 3. The Hall–Kier alpha value is -3.31. The molecule has 0 radical (unpaired) electrons. The van der Waals surface area contributed by atoms with E-state index in [1.807, 2.05) is 0 Å². The molecule has 0 fully saturated rings. The molecule has 1 heterocycles. The van der Waals surface area contributed by atoms with Crippen molar-refractivity contribution in [1.29, 1.82) is 0 Å². The number of benzene rings is 2. The minimum atomic E-state index is -4.64. The summed E-state index contributed by atoms with van der Waals surface area (Å²) in [5.41, 5.74) is -0.439. The quantitative estimate of drug-likeness (QED) is 0.429. The number of nitrogens with zero attached hydrogens (tertiary/aromatic N) is 2. The third-order valence-electron chi connectivity index (χ3n) is 3.97. The predicted octanol–water partition coefficient (Wildman–Crippen LogP) is 5.30. The summed E-state index contributed by atoms with van der Waals surface area (Å²) in [6, 6.07) is 10.6. The van der Waals surface area contributed by atoms with Crippen molar-refractivity contribution in [3.05, 3.63) is 71.1 Å². The molecule has 7 nitrogen and oxygen atoms in total. The van der Waals surface area contributed by atoms with Crippen molar-refractivity contribution in [2.24, 2.45) is 0 Å². The molecule has 1 aromatic heterocycles. The van der Waals surface area contributed by atoms with Crippen molar-refractivity contribution in [2.45, 2.75) is 16.1 Å². The van der Waals surface area contributed by atoms with Gasteiger partial charge in [-0.25, -0.2) is 14.8 Å². The molecular formula is C20H15ClF3N5O2S. The number of urea groups is 1. The van der Waals surface area contributed by atoms with Crippen LogP contribution in [0.15, 0.2) is 64.8 Å². The maximum absolute atomic E-state index is 12.9. The lowest BCUT2D eigenvalue weighted by atomic mass is 10.2. The number of carbonyl (C=O) groups is 2. The largest absolute Gasteiger partial charge is 0.417 e. The minimum absolute atomic E-state index is 0.0536. The van der Waals surface area contributed by atoms with Gasteiger partial charge in [0.15, 0.2) is 0 Å². The van der Waals surface area contributed by atoms with Crippen LogP contribution >= 0.6 is 23.4 Å². The predicted molar refractivity (Wildman–Crippen MR) is 115 cm³/mol. The van der Waals surface area contributed by atoms with Crippen molar-refractivity contribution < 1.29 is 22.8 Å². The van der Waals surface area contributed by atoms with E-state index < -0.39 is 22.8 Å². The van der Waals surface area contributed by atoms with Gasteiger partial charge >= 0.3 is 12.2 Å². The Labute approximate surface area is 189 Å². The van der Waals surface area contributed by atoms with Crippen LogP contribution in [0.1, 0.15) is 16.1 Å². The summed E-state index contributed by atoms with van der Waals surface area (Å²) >= 11 is 6.86. The molecule has 0 saturated carbocycles. The molecule has 32 heavy (non-hydrogen) atoms. The summed E-state index contributed by atoms with van der Waals surface area (Å²) in [5, 5.41) is 7.45. The summed E-state index contributed by atoms with van der Waals surface area (Å²) in [7, 11) is 1.50. The average Bonchev–Trinajstić information content (AvgIpc) is 2.75. The number of amides is 3. The van der Waals surface area contributed by atoms with Crippen LogP contribution < -0.4 is 16.0 Å². The van der Waals surface area contributed by atoms with Crippen LogP contribution in [-0.4, -0.2) is 29.0 Å². The van der Waals surface area contributed by atoms with E-state index in [2.05, 4.69) is 25.9 Å². The third-order valence-corrected chi connectivity index (χ3v) is 5.24. The lowest BCUT2D eigenvalue weighted by Gasteiger charge is -2.12. The zero-order chi connectivity index (χ0) is 23.3. The van der Waals surface area contributed by atoms with Gasteiger partial charge in [-0.05, 0) is 42.5 Å². The van der Waals surface area contributed by atoms with Gasteiger partial charge in [-0.1, -0.05) is 23.4 Å². The maximum atomic E-state index is 12.9. The van der Waals surface area contributed by atoms with Crippen molar-refractivity contribution >= 4 is 46.7 Å². The monoisotopic (exact) mass is 481 g/mol. The second-order valence-electron chi connectivity index (χ2n) is 6.22. The Morgan fingerprint density at radius 3 is 2.28 bits per heavy atom. The number of alkyl halides is 3. The molecule has 3 aromatic rings. The maximum Gasteiger partial charge on any atom is 0.417 e. The van der Waals surface area contributed by atoms with E-state index in [9.17, 15) is 22.8 Å². The van der Waals surface area contributed by atoms with E-state index in [0.29, 0.717) is 10.7 Å². The molecule has 12 heteroatoms. The first-order chi connectivity index (χ1) is 15.2. The molecule has 0 bridgehead atoms. The number of hydrogen-bond donors (Lipinski definition) is 3. The topological polar surface area (TPSA) is 96.0 Å². The fourth-order valence-electron chi connectivity index (χ4n) is 2.49. The van der Waals surface area contributed by atoms with E-state index in [1.165, 1.54) is 31.2 Å². The number of aromatic nitrogens is 2. The Bertz CT molecular complexity index is 1140. The highest BCUT2D eigenvalue weighted by molar-refractivity contribution is 7.99. The fraction of sp³-hybridized carbons (Fsp3) is 0.100. The Morgan fingerprint density at radius 2 is 1.62 bits per heavy atom. The highest BCUT2D eigenvalue weighted by Gasteiger charge is 2.33. The molecule has 3 rings (SSSR count). The first kappa shape index (κ1) is 23.4. The van der Waals surface area contributed by atoms with E-state index in [4.69, 9.17) is 11.6 Å². The van der Waals surface area contributed by atoms with Gasteiger partial charge in [0, 0.05) is 29.4 Å². The second kappa shape index (κ2) is 9.88. The number of hydrogen-bond acceptors (Lipinski definition) is 5. The van der Waals surface area contributed by atoms with E-state index >= 15 is 0 Å². The van der Waals surface area contributed by atoms with Gasteiger partial charge < -0.3 is 16.0 Å². The van der Waals surface area contributed by atoms with Crippen LogP contribution in [0.3, 0.4) is 0 Å². The average molecular weight is 482 g/mol. The molecule has 0 unspecified atom stereocenters. The van der Waals surface area contributed by atoms with Gasteiger partial charge in [0.05, 0.1) is 10.6 Å². The Balaban J connectivity index is 1.62. The summed E-state index contributed by atoms with van der Waals surface area (Å²) < 4.78 is 38.8. The van der Waals surface area contributed by atoms with Crippen LogP contribution in [0.5, 0.6) is 0 Å². The molecule has 0 aliphatic rings. The molecule has 166 valence electrons. The van der Waals surface area contributed by atoms with E-state index in [0.717, 1.165) is 17.0 Å². The van der Waals surface area contributed by atoms with Crippen molar-refractivity contribution in [3.8, 4) is 0 Å². The SMILES string of the molecule is CNC(=O)c1cc(Sc2ccc(NC(=O)Nc3ccc(Cl)c(C(F)(F)F)c3)cc2)ncn1. The van der Waals surface area contributed by atoms with Crippen molar-refractivity contribution in [2.75, 3.05) is 17.7 Å². The normalized spacial score (nSPS) is 11.0. The standard InChI is InChI=1S/C20H15ClF3N5O2S/c1-25-18(30)16-9-17(27-10-26-16)32-13-5-2-11(3-6-13)28-19(31)29-12-4-7-15(21)14(8-12)20(22,23)24/h2-10H,1H3,(H,25,30)(H2,28,29,31). The molecule has 2 aromatic carbocycles. The van der Waals surface area contributed by atoms with Gasteiger partial charge in [-0.15, -0.1) is 0 Å². The first-order valence-corrected chi connectivity index (χ1v) is 10.1. The molecule has 0 aliphatic heterocycles. The first-order valence-electron chi connectivity index (χ1n) is 8.92. The van der Waals surface area contributed by atoms with Gasteiger partial charge in [-0.3, -0.25) is 4.79 Å². The second-order valence-corrected chi connectivity index (χ2v) is 7.72. The Kier molecular flexibility index (Phi) is 7.21. The van der Waals surface area contributed by atoms with Gasteiger partial charge in [0.25, 0.3) is 5.91 Å². The van der Waals surface area contributed by atoms with Crippen LogP contribution in [-0.2, 0) is 6.18 Å². The van der Waals surface area contributed by atoms with Crippen molar-refractivity contribution in [3.63, 3.8) is 0 Å². The zero-order valence-corrected chi connectivity index (χ0v) is 17.9. The van der Waals surface area contributed by atoms with E-state index in [-0.39, 0.29) is 17.3 Å². The number of anilines is 2. The van der Waals surface area contributed by atoms with Gasteiger partial charge in [0.2, 0.25) is 0 Å². The van der Waals surface area contributed by atoms with Gasteiger partial charge in [-0.2, -0.15) is 13.2 Å². The Morgan fingerprint density at radius 1 is 0.969 bits per heavy atom. The summed E-state index contributed by atoms with van der Waals surface area (Å²) in [4.78, 5) is 32.6. The molecule has 0 saturated heterocycles. The lowest BCUT2D eigenvalue weighted by Crippen LogP contribution is -2.19. The third kappa shape index (κ3) is 6.11. The minimum Gasteiger partial charge on any atom is -0.354 e. The molecule has 0 aliphatic carbocycles. The lowest BCUT2D eigenvalue weighted by molar-refractivity contribution is -0.137. The fourth-order valence-corrected chi connectivity index (χ4v) is 3.50.